The summed E-state index contributed by atoms with van der Waals surface area (Å²) >= 11 is 0. The van der Waals surface area contributed by atoms with Gasteiger partial charge in [0.25, 0.3) is 0 Å². The number of carbonyl (C=O) groups is 1. The van der Waals surface area contributed by atoms with Crippen molar-refractivity contribution in [1.82, 2.24) is 14.5 Å². The maximum Gasteiger partial charge on any atom is 0.243 e. The van der Waals surface area contributed by atoms with Crippen molar-refractivity contribution in [2.45, 2.75) is 30.3 Å². The first-order chi connectivity index (χ1) is 15.3. The molecule has 2 aromatic rings. The van der Waals surface area contributed by atoms with E-state index in [1.807, 2.05) is 30.3 Å². The molecule has 9 heteroatoms. The summed E-state index contributed by atoms with van der Waals surface area (Å²) in [6.07, 6.45) is 1.70. The molecule has 1 N–H and O–H groups in total. The van der Waals surface area contributed by atoms with Crippen molar-refractivity contribution in [2.24, 2.45) is 0 Å². The Balaban J connectivity index is 1.84. The maximum atomic E-state index is 13.5. The van der Waals surface area contributed by atoms with Gasteiger partial charge in [-0.05, 0) is 50.7 Å². The van der Waals surface area contributed by atoms with E-state index in [2.05, 4.69) is 17.3 Å². The summed E-state index contributed by atoms with van der Waals surface area (Å²) in [6.45, 7) is 1.63. The molecule has 2 aromatic carbocycles. The van der Waals surface area contributed by atoms with E-state index in [1.54, 1.807) is 6.07 Å². The Kier molecular flexibility index (Phi) is 8.11. The van der Waals surface area contributed by atoms with Gasteiger partial charge in [0.1, 0.15) is 0 Å². The van der Waals surface area contributed by atoms with E-state index in [0.29, 0.717) is 11.5 Å². The Morgan fingerprint density at radius 1 is 1.06 bits per heavy atom. The number of piperidine rings is 1. The van der Waals surface area contributed by atoms with Gasteiger partial charge < -0.3 is 19.7 Å². The average molecular weight is 462 g/mol. The number of rotatable bonds is 9. The van der Waals surface area contributed by atoms with Crippen LogP contribution in [0.4, 0.5) is 0 Å². The summed E-state index contributed by atoms with van der Waals surface area (Å²) in [7, 11) is 1.01. The summed E-state index contributed by atoms with van der Waals surface area (Å²) in [6, 6.07) is 13.7. The van der Waals surface area contributed by atoms with E-state index in [9.17, 15) is 13.2 Å². The van der Waals surface area contributed by atoms with Crippen LogP contribution in [0.5, 0.6) is 11.5 Å². The van der Waals surface area contributed by atoms with Crippen LogP contribution in [-0.2, 0) is 21.4 Å². The lowest BCUT2D eigenvalue weighted by Crippen LogP contribution is -2.47. The second kappa shape index (κ2) is 10.8. The zero-order chi connectivity index (χ0) is 23.1. The van der Waals surface area contributed by atoms with Crippen molar-refractivity contribution in [3.63, 3.8) is 0 Å². The van der Waals surface area contributed by atoms with Crippen LogP contribution < -0.4 is 14.8 Å². The zero-order valence-corrected chi connectivity index (χ0v) is 19.6. The Labute approximate surface area is 190 Å². The predicted molar refractivity (Wildman–Crippen MR) is 122 cm³/mol. The minimum Gasteiger partial charge on any atom is -0.493 e. The molecule has 1 fully saturated rings. The average Bonchev–Trinajstić information content (AvgIpc) is 2.80. The number of likely N-dealkylation sites (tertiary alicyclic amines) is 1. The highest BCUT2D eigenvalue weighted by Gasteiger charge is 2.29. The molecule has 0 unspecified atom stereocenters. The lowest BCUT2D eigenvalue weighted by Gasteiger charge is -2.30. The highest BCUT2D eigenvalue weighted by molar-refractivity contribution is 7.89. The van der Waals surface area contributed by atoms with Crippen molar-refractivity contribution in [3.05, 3.63) is 54.1 Å². The smallest absolute Gasteiger partial charge is 0.243 e. The van der Waals surface area contributed by atoms with Crippen molar-refractivity contribution in [2.75, 3.05) is 40.9 Å². The molecule has 1 aliphatic heterocycles. The Hall–Kier alpha value is -2.62. The molecular weight excluding hydrogens is 430 g/mol. The van der Waals surface area contributed by atoms with Crippen LogP contribution in [0.15, 0.2) is 53.4 Å². The summed E-state index contributed by atoms with van der Waals surface area (Å²) in [5.41, 5.74) is 0.795. The standard InChI is InChI=1S/C23H31N3O5S/c1-25-13-11-19(12-14-25)24-23(27)17-26(16-18-7-5-4-6-8-18)32(28,29)20-9-10-21(30-2)22(15-20)31-3/h4-10,15,19H,11-14,16-17H2,1-3H3,(H,24,27). The number of nitrogens with one attached hydrogen (secondary N) is 1. The van der Waals surface area contributed by atoms with E-state index in [-0.39, 0.29) is 29.9 Å². The molecule has 0 radical (unpaired) electrons. The number of methoxy groups -OCH3 is 2. The lowest BCUT2D eigenvalue weighted by molar-refractivity contribution is -0.122. The molecule has 3 rings (SSSR count). The zero-order valence-electron chi connectivity index (χ0n) is 18.8. The summed E-state index contributed by atoms with van der Waals surface area (Å²) in [5.74, 6) is 0.435. The van der Waals surface area contributed by atoms with Crippen LogP contribution >= 0.6 is 0 Å². The van der Waals surface area contributed by atoms with E-state index in [0.717, 1.165) is 31.5 Å². The quantitative estimate of drug-likeness (QED) is 0.615. The highest BCUT2D eigenvalue weighted by Crippen LogP contribution is 2.31. The van der Waals surface area contributed by atoms with Crippen molar-refractivity contribution >= 4 is 15.9 Å². The Morgan fingerprint density at radius 3 is 2.34 bits per heavy atom. The fourth-order valence-corrected chi connectivity index (χ4v) is 5.13. The highest BCUT2D eigenvalue weighted by atomic mass is 32.2. The van der Waals surface area contributed by atoms with Crippen LogP contribution in [0, 0.1) is 0 Å². The summed E-state index contributed by atoms with van der Waals surface area (Å²) in [4.78, 5) is 15.1. The van der Waals surface area contributed by atoms with Crippen molar-refractivity contribution in [1.29, 1.82) is 0 Å². The SMILES string of the molecule is COc1ccc(S(=O)(=O)N(CC(=O)NC2CCN(C)CC2)Cc2ccccc2)cc1OC. The van der Waals surface area contributed by atoms with Gasteiger partial charge in [-0.2, -0.15) is 4.31 Å². The topological polar surface area (TPSA) is 88.2 Å². The largest absolute Gasteiger partial charge is 0.493 e. The van der Waals surface area contributed by atoms with Gasteiger partial charge in [0.05, 0.1) is 25.7 Å². The van der Waals surface area contributed by atoms with Crippen LogP contribution in [0.2, 0.25) is 0 Å². The fourth-order valence-electron chi connectivity index (χ4n) is 3.73. The van der Waals surface area contributed by atoms with E-state index >= 15 is 0 Å². The summed E-state index contributed by atoms with van der Waals surface area (Å²) in [5, 5.41) is 3.00. The molecule has 1 heterocycles. The molecule has 174 valence electrons. The van der Waals surface area contributed by atoms with Crippen molar-refractivity contribution in [3.8, 4) is 11.5 Å². The molecule has 0 aromatic heterocycles. The molecule has 0 saturated carbocycles. The Morgan fingerprint density at radius 2 is 1.72 bits per heavy atom. The number of ether oxygens (including phenoxy) is 2. The molecule has 0 spiro atoms. The number of nitrogens with zero attached hydrogens (tertiary/aromatic N) is 2. The minimum atomic E-state index is -3.97. The molecule has 0 atom stereocenters. The first-order valence-electron chi connectivity index (χ1n) is 10.6. The van der Waals surface area contributed by atoms with Crippen LogP contribution in [-0.4, -0.2) is 70.5 Å². The normalized spacial score (nSPS) is 15.5. The van der Waals surface area contributed by atoms with E-state index < -0.39 is 10.0 Å². The number of amides is 1. The number of sulfonamides is 1. The molecule has 1 amide bonds. The van der Waals surface area contributed by atoms with Gasteiger partial charge in [0, 0.05) is 18.7 Å². The second-order valence-electron chi connectivity index (χ2n) is 7.92. The van der Waals surface area contributed by atoms with Gasteiger partial charge in [0.2, 0.25) is 15.9 Å². The van der Waals surface area contributed by atoms with Gasteiger partial charge >= 0.3 is 0 Å². The molecule has 8 nitrogen and oxygen atoms in total. The van der Waals surface area contributed by atoms with Gasteiger partial charge in [-0.3, -0.25) is 4.79 Å². The maximum absolute atomic E-state index is 13.5. The van der Waals surface area contributed by atoms with E-state index in [1.165, 1.54) is 30.7 Å². The van der Waals surface area contributed by atoms with Crippen LogP contribution in [0.25, 0.3) is 0 Å². The molecule has 0 bridgehead atoms. The van der Waals surface area contributed by atoms with Gasteiger partial charge in [0.15, 0.2) is 11.5 Å². The van der Waals surface area contributed by atoms with Crippen LogP contribution in [0.3, 0.4) is 0 Å². The summed E-state index contributed by atoms with van der Waals surface area (Å²) < 4.78 is 38.7. The third-order valence-corrected chi connectivity index (χ3v) is 7.39. The number of hydrogen-bond donors (Lipinski definition) is 1. The molecule has 0 aliphatic carbocycles. The molecule has 1 aliphatic rings. The van der Waals surface area contributed by atoms with Gasteiger partial charge in [-0.15, -0.1) is 0 Å². The number of carbonyl (C=O) groups excluding carboxylic acids is 1. The fraction of sp³-hybridized carbons (Fsp3) is 0.435. The van der Waals surface area contributed by atoms with E-state index in [4.69, 9.17) is 9.47 Å². The Bertz CT molecular complexity index is 1010. The predicted octanol–water partition coefficient (Wildman–Crippen LogP) is 2.11. The molecule has 32 heavy (non-hydrogen) atoms. The minimum absolute atomic E-state index is 0.0400. The first kappa shape index (κ1) is 24.0. The van der Waals surface area contributed by atoms with Gasteiger partial charge in [-0.1, -0.05) is 30.3 Å². The number of hydrogen-bond acceptors (Lipinski definition) is 6. The van der Waals surface area contributed by atoms with Gasteiger partial charge in [-0.25, -0.2) is 8.42 Å². The third kappa shape index (κ3) is 5.99. The van der Waals surface area contributed by atoms with Crippen LogP contribution in [0.1, 0.15) is 18.4 Å². The number of benzene rings is 2. The molecule has 1 saturated heterocycles. The second-order valence-corrected chi connectivity index (χ2v) is 9.86. The van der Waals surface area contributed by atoms with Crippen molar-refractivity contribution < 1.29 is 22.7 Å². The lowest BCUT2D eigenvalue weighted by atomic mass is 10.1. The molecular formula is C23H31N3O5S. The third-order valence-electron chi connectivity index (χ3n) is 5.60. The first-order valence-corrected chi connectivity index (χ1v) is 12.0. The monoisotopic (exact) mass is 461 g/mol.